The Morgan fingerprint density at radius 2 is 1.73 bits per heavy atom. The summed E-state index contributed by atoms with van der Waals surface area (Å²) in [5, 5.41) is 7.07. The van der Waals surface area contributed by atoms with Crippen LogP contribution in [-0.4, -0.2) is 22.2 Å². The van der Waals surface area contributed by atoms with E-state index in [0.717, 1.165) is 5.56 Å². The Balaban J connectivity index is 1.61. The molecule has 0 bridgehead atoms. The van der Waals surface area contributed by atoms with Gasteiger partial charge in [0.15, 0.2) is 0 Å². The molecule has 1 aromatic heterocycles. The van der Waals surface area contributed by atoms with Crippen LogP contribution in [0.5, 0.6) is 0 Å². The van der Waals surface area contributed by atoms with Gasteiger partial charge in [0.1, 0.15) is 5.82 Å². The van der Waals surface area contributed by atoms with Crippen molar-refractivity contribution in [3.63, 3.8) is 0 Å². The second kappa shape index (κ2) is 8.20. The number of halogens is 1. The molecule has 1 heterocycles. The largest absolute Gasteiger partial charge is 0.354 e. The summed E-state index contributed by atoms with van der Waals surface area (Å²) in [6.07, 6.45) is 0.290. The lowest BCUT2D eigenvalue weighted by Gasteiger charge is -2.09. The normalized spacial score (nSPS) is 10.5. The SMILES string of the molecule is O=C(Cc1ccccc1)NCCn1nc(-c2ccc(F)cc2)ccc1=O. The van der Waals surface area contributed by atoms with E-state index in [4.69, 9.17) is 0 Å². The average molecular weight is 351 g/mol. The van der Waals surface area contributed by atoms with Crippen molar-refractivity contribution in [1.82, 2.24) is 15.1 Å². The summed E-state index contributed by atoms with van der Waals surface area (Å²) >= 11 is 0. The third-order valence-electron chi connectivity index (χ3n) is 3.86. The van der Waals surface area contributed by atoms with Crippen molar-refractivity contribution in [1.29, 1.82) is 0 Å². The molecule has 3 aromatic rings. The lowest BCUT2D eigenvalue weighted by molar-refractivity contribution is -0.120. The highest BCUT2D eigenvalue weighted by atomic mass is 19.1. The highest BCUT2D eigenvalue weighted by Gasteiger charge is 2.06. The molecule has 0 radical (unpaired) electrons. The Kier molecular flexibility index (Phi) is 5.53. The molecular weight excluding hydrogens is 333 g/mol. The summed E-state index contributed by atoms with van der Waals surface area (Å²) in [6.45, 7) is 0.555. The van der Waals surface area contributed by atoms with Crippen LogP contribution in [0.15, 0.2) is 71.5 Å². The predicted molar refractivity (Wildman–Crippen MR) is 97.0 cm³/mol. The predicted octanol–water partition coefficient (Wildman–Crippen LogP) is 2.41. The van der Waals surface area contributed by atoms with Crippen molar-refractivity contribution in [3.05, 3.63) is 88.5 Å². The van der Waals surface area contributed by atoms with Gasteiger partial charge in [-0.15, -0.1) is 0 Å². The number of hydrogen-bond donors (Lipinski definition) is 1. The molecule has 3 rings (SSSR count). The van der Waals surface area contributed by atoms with Crippen LogP contribution in [-0.2, 0) is 17.8 Å². The number of carbonyl (C=O) groups excluding carboxylic acids is 1. The molecule has 0 spiro atoms. The van der Waals surface area contributed by atoms with Crippen LogP contribution >= 0.6 is 0 Å². The van der Waals surface area contributed by atoms with Crippen LogP contribution in [0.4, 0.5) is 4.39 Å². The van der Waals surface area contributed by atoms with Crippen LogP contribution in [0.3, 0.4) is 0 Å². The van der Waals surface area contributed by atoms with Crippen LogP contribution in [0.1, 0.15) is 5.56 Å². The first-order valence-electron chi connectivity index (χ1n) is 8.26. The molecule has 0 aliphatic carbocycles. The number of benzene rings is 2. The van der Waals surface area contributed by atoms with Crippen LogP contribution in [0.25, 0.3) is 11.3 Å². The molecule has 0 atom stereocenters. The number of nitrogens with one attached hydrogen (secondary N) is 1. The third-order valence-corrected chi connectivity index (χ3v) is 3.86. The van der Waals surface area contributed by atoms with Crippen LogP contribution in [0.2, 0.25) is 0 Å². The zero-order chi connectivity index (χ0) is 18.4. The molecular formula is C20H18FN3O2. The summed E-state index contributed by atoms with van der Waals surface area (Å²) in [6, 6.07) is 18.3. The van der Waals surface area contributed by atoms with Gasteiger partial charge >= 0.3 is 0 Å². The Hall–Kier alpha value is -3.28. The van der Waals surface area contributed by atoms with Gasteiger partial charge in [-0.2, -0.15) is 5.10 Å². The molecule has 0 fully saturated rings. The van der Waals surface area contributed by atoms with Crippen molar-refractivity contribution < 1.29 is 9.18 Å². The zero-order valence-corrected chi connectivity index (χ0v) is 14.1. The summed E-state index contributed by atoms with van der Waals surface area (Å²) in [5.74, 6) is -0.442. The van der Waals surface area contributed by atoms with Gasteiger partial charge in [0, 0.05) is 18.2 Å². The van der Waals surface area contributed by atoms with E-state index in [1.54, 1.807) is 18.2 Å². The molecule has 1 N–H and O–H groups in total. The van der Waals surface area contributed by atoms with E-state index >= 15 is 0 Å². The van der Waals surface area contributed by atoms with Gasteiger partial charge in [-0.1, -0.05) is 30.3 Å². The van der Waals surface area contributed by atoms with Gasteiger partial charge in [0.05, 0.1) is 18.7 Å². The summed E-state index contributed by atoms with van der Waals surface area (Å²) in [7, 11) is 0. The van der Waals surface area contributed by atoms with Gasteiger partial charge in [0.25, 0.3) is 5.56 Å². The molecule has 26 heavy (non-hydrogen) atoms. The van der Waals surface area contributed by atoms with Crippen LogP contribution in [0, 0.1) is 5.82 Å². The third kappa shape index (κ3) is 4.63. The first kappa shape index (κ1) is 17.5. The fourth-order valence-electron chi connectivity index (χ4n) is 2.53. The van der Waals surface area contributed by atoms with Gasteiger partial charge in [-0.05, 0) is 35.9 Å². The minimum atomic E-state index is -0.330. The number of amides is 1. The lowest BCUT2D eigenvalue weighted by Crippen LogP contribution is -2.32. The number of aromatic nitrogens is 2. The number of rotatable bonds is 6. The number of carbonyl (C=O) groups is 1. The Morgan fingerprint density at radius 1 is 1.00 bits per heavy atom. The Labute approximate surface area is 150 Å². The van der Waals surface area contributed by atoms with E-state index in [-0.39, 0.29) is 23.8 Å². The van der Waals surface area contributed by atoms with Crippen LogP contribution < -0.4 is 10.9 Å². The van der Waals surface area contributed by atoms with Crippen molar-refractivity contribution >= 4 is 5.91 Å². The number of hydrogen-bond acceptors (Lipinski definition) is 3. The lowest BCUT2D eigenvalue weighted by atomic mass is 10.1. The van der Waals surface area contributed by atoms with E-state index in [9.17, 15) is 14.0 Å². The highest BCUT2D eigenvalue weighted by molar-refractivity contribution is 5.78. The molecule has 0 aliphatic rings. The van der Waals surface area contributed by atoms with E-state index in [2.05, 4.69) is 10.4 Å². The van der Waals surface area contributed by atoms with Gasteiger partial charge in [-0.3, -0.25) is 9.59 Å². The fourth-order valence-corrected chi connectivity index (χ4v) is 2.53. The molecule has 2 aromatic carbocycles. The molecule has 6 heteroatoms. The fraction of sp³-hybridized carbons (Fsp3) is 0.150. The average Bonchev–Trinajstić information content (AvgIpc) is 2.65. The van der Waals surface area contributed by atoms with E-state index < -0.39 is 0 Å². The van der Waals surface area contributed by atoms with E-state index in [1.807, 2.05) is 30.3 Å². The highest BCUT2D eigenvalue weighted by Crippen LogP contribution is 2.15. The monoisotopic (exact) mass is 351 g/mol. The smallest absolute Gasteiger partial charge is 0.266 e. The second-order valence-electron chi connectivity index (χ2n) is 5.80. The first-order chi connectivity index (χ1) is 12.6. The minimum Gasteiger partial charge on any atom is -0.354 e. The maximum atomic E-state index is 13.0. The van der Waals surface area contributed by atoms with Crippen molar-refractivity contribution in [2.75, 3.05) is 6.54 Å². The van der Waals surface area contributed by atoms with E-state index in [0.29, 0.717) is 24.2 Å². The van der Waals surface area contributed by atoms with Gasteiger partial charge in [-0.25, -0.2) is 9.07 Å². The second-order valence-corrected chi connectivity index (χ2v) is 5.80. The first-order valence-corrected chi connectivity index (χ1v) is 8.26. The Morgan fingerprint density at radius 3 is 2.46 bits per heavy atom. The van der Waals surface area contributed by atoms with Gasteiger partial charge in [0.2, 0.25) is 5.91 Å². The summed E-state index contributed by atoms with van der Waals surface area (Å²) in [4.78, 5) is 23.9. The quantitative estimate of drug-likeness (QED) is 0.742. The van der Waals surface area contributed by atoms with Crippen molar-refractivity contribution in [3.8, 4) is 11.3 Å². The molecule has 0 saturated carbocycles. The number of nitrogens with zero attached hydrogens (tertiary/aromatic N) is 2. The summed E-state index contributed by atoms with van der Waals surface area (Å²) < 4.78 is 14.3. The van der Waals surface area contributed by atoms with Crippen molar-refractivity contribution in [2.45, 2.75) is 13.0 Å². The summed E-state index contributed by atoms with van der Waals surface area (Å²) in [5.41, 5.74) is 1.96. The minimum absolute atomic E-state index is 0.112. The maximum absolute atomic E-state index is 13.0. The molecule has 0 saturated heterocycles. The molecule has 1 amide bonds. The molecule has 5 nitrogen and oxygen atoms in total. The van der Waals surface area contributed by atoms with Crippen molar-refractivity contribution in [2.24, 2.45) is 0 Å². The Bertz CT molecular complexity index is 937. The van der Waals surface area contributed by atoms with E-state index in [1.165, 1.54) is 22.9 Å². The standard InChI is InChI=1S/C20H18FN3O2/c21-17-8-6-16(7-9-17)18-10-11-20(26)24(23-18)13-12-22-19(25)14-15-4-2-1-3-5-15/h1-11H,12-14H2,(H,22,25). The van der Waals surface area contributed by atoms with Gasteiger partial charge < -0.3 is 5.32 Å². The zero-order valence-electron chi connectivity index (χ0n) is 14.1. The molecule has 0 aliphatic heterocycles. The molecule has 132 valence electrons. The molecule has 0 unspecified atom stereocenters. The topological polar surface area (TPSA) is 64.0 Å². The maximum Gasteiger partial charge on any atom is 0.266 e.